The summed E-state index contributed by atoms with van der Waals surface area (Å²) in [5.74, 6) is 2.95. The van der Waals surface area contributed by atoms with Crippen molar-refractivity contribution >= 4 is 5.78 Å². The molecule has 3 fully saturated rings. The molecule has 1 spiro atoms. The van der Waals surface area contributed by atoms with Crippen LogP contribution in [-0.2, 0) is 11.2 Å². The number of phenolic OH excluding ortho intramolecular Hbond substituents is 1. The largest absolute Gasteiger partial charge is 0.508 e. The third-order valence-corrected chi connectivity index (χ3v) is 7.58. The van der Waals surface area contributed by atoms with Crippen LogP contribution in [0.25, 0.3) is 0 Å². The summed E-state index contributed by atoms with van der Waals surface area (Å²) in [6, 6.07) is 5.95. The summed E-state index contributed by atoms with van der Waals surface area (Å²) in [7, 11) is 0. The zero-order valence-corrected chi connectivity index (χ0v) is 12.6. The highest BCUT2D eigenvalue weighted by molar-refractivity contribution is 5.90. The molecule has 0 radical (unpaired) electrons. The normalized spacial score (nSPS) is 46.3. The third kappa shape index (κ3) is 1.24. The summed E-state index contributed by atoms with van der Waals surface area (Å²) in [5.41, 5.74) is 3.12. The molecule has 0 bridgehead atoms. The average Bonchev–Trinajstić information content (AvgIpc) is 3.12. The number of carbonyl (C=O) groups excluding carboxylic acids is 1. The molecule has 3 saturated carbocycles. The maximum absolute atomic E-state index is 12.5. The highest BCUT2D eigenvalue weighted by atomic mass is 16.3. The van der Waals surface area contributed by atoms with Gasteiger partial charge in [-0.15, -0.1) is 0 Å². The number of hydrogen-bond acceptors (Lipinski definition) is 2. The van der Waals surface area contributed by atoms with E-state index in [0.717, 1.165) is 25.7 Å². The van der Waals surface area contributed by atoms with Gasteiger partial charge in [0.05, 0.1) is 0 Å². The molecule has 4 aliphatic carbocycles. The highest BCUT2D eigenvalue weighted by Crippen LogP contribution is 2.80. The van der Waals surface area contributed by atoms with Crippen molar-refractivity contribution in [2.45, 2.75) is 51.4 Å². The average molecular weight is 282 g/mol. The Bertz CT molecular complexity index is 664. The van der Waals surface area contributed by atoms with Gasteiger partial charge in [-0.3, -0.25) is 4.79 Å². The van der Waals surface area contributed by atoms with Crippen molar-refractivity contribution in [1.29, 1.82) is 0 Å². The fourth-order valence-corrected chi connectivity index (χ4v) is 6.54. The standard InChI is InChI=1S/C19H22O2/c1-18-7-6-15-14-4-3-13(20)8-11(14)2-5-16(15)19(18)10-12(19)9-17(18)21/h3-4,8,12,15-16,20H,2,5-7,9-10H2,1H3/t12?,15-,16-,18-,19?/m1/s1. The van der Waals surface area contributed by atoms with E-state index in [1.807, 2.05) is 12.1 Å². The zero-order valence-electron chi connectivity index (χ0n) is 12.6. The van der Waals surface area contributed by atoms with E-state index in [0.29, 0.717) is 34.7 Å². The van der Waals surface area contributed by atoms with Crippen molar-refractivity contribution in [3.63, 3.8) is 0 Å². The van der Waals surface area contributed by atoms with Gasteiger partial charge in [0.2, 0.25) is 0 Å². The van der Waals surface area contributed by atoms with Gasteiger partial charge >= 0.3 is 0 Å². The molecule has 0 aliphatic heterocycles. The topological polar surface area (TPSA) is 37.3 Å². The van der Waals surface area contributed by atoms with Crippen molar-refractivity contribution in [3.05, 3.63) is 29.3 Å². The highest BCUT2D eigenvalue weighted by Gasteiger charge is 2.76. The molecule has 0 heterocycles. The van der Waals surface area contributed by atoms with Crippen LogP contribution in [0.3, 0.4) is 0 Å². The van der Waals surface area contributed by atoms with E-state index in [1.165, 1.54) is 24.0 Å². The first-order valence-electron chi connectivity index (χ1n) is 8.41. The van der Waals surface area contributed by atoms with Crippen LogP contribution in [0.2, 0.25) is 0 Å². The Kier molecular flexibility index (Phi) is 2.06. The van der Waals surface area contributed by atoms with Gasteiger partial charge in [-0.25, -0.2) is 0 Å². The molecule has 5 rings (SSSR count). The van der Waals surface area contributed by atoms with Gasteiger partial charge < -0.3 is 5.11 Å². The Morgan fingerprint density at radius 2 is 2.14 bits per heavy atom. The second kappa shape index (κ2) is 3.53. The number of fused-ring (bicyclic) bond motifs is 3. The SMILES string of the molecule is C[C@]12CC[C@@H]3c4ccc(O)cc4CC[C@H]3C13CC3CC2=O. The van der Waals surface area contributed by atoms with Crippen LogP contribution in [-0.4, -0.2) is 10.9 Å². The molecule has 0 amide bonds. The predicted molar refractivity (Wildman–Crippen MR) is 80.2 cm³/mol. The number of rotatable bonds is 0. The minimum absolute atomic E-state index is 0.0206. The lowest BCUT2D eigenvalue weighted by Gasteiger charge is -2.50. The van der Waals surface area contributed by atoms with Crippen molar-refractivity contribution in [2.75, 3.05) is 0 Å². The Hall–Kier alpha value is -1.31. The molecule has 0 aromatic heterocycles. The first-order valence-corrected chi connectivity index (χ1v) is 8.41. The molecular formula is C19H22O2. The van der Waals surface area contributed by atoms with E-state index in [-0.39, 0.29) is 5.41 Å². The number of benzene rings is 1. The van der Waals surface area contributed by atoms with Crippen LogP contribution < -0.4 is 0 Å². The third-order valence-electron chi connectivity index (χ3n) is 7.58. The molecule has 5 atom stereocenters. The number of aryl methyl sites for hydroxylation is 1. The molecule has 21 heavy (non-hydrogen) atoms. The molecular weight excluding hydrogens is 260 g/mol. The van der Waals surface area contributed by atoms with Crippen molar-refractivity contribution in [1.82, 2.24) is 0 Å². The molecule has 2 unspecified atom stereocenters. The predicted octanol–water partition coefficient (Wildman–Crippen LogP) is 3.82. The maximum atomic E-state index is 12.5. The lowest BCUT2D eigenvalue weighted by molar-refractivity contribution is -0.132. The maximum Gasteiger partial charge on any atom is 0.139 e. The van der Waals surface area contributed by atoms with Gasteiger partial charge in [0, 0.05) is 11.8 Å². The smallest absolute Gasteiger partial charge is 0.139 e. The molecule has 2 heteroatoms. The number of Topliss-reactive ketones (excluding diaryl/α,β-unsaturated/α-hetero) is 1. The lowest BCUT2D eigenvalue weighted by Crippen LogP contribution is -2.46. The first-order chi connectivity index (χ1) is 10.1. The summed E-state index contributed by atoms with van der Waals surface area (Å²) < 4.78 is 0. The van der Waals surface area contributed by atoms with E-state index >= 15 is 0 Å². The summed E-state index contributed by atoms with van der Waals surface area (Å²) in [6.45, 7) is 2.27. The van der Waals surface area contributed by atoms with Gasteiger partial charge in [-0.1, -0.05) is 13.0 Å². The Balaban J connectivity index is 1.61. The van der Waals surface area contributed by atoms with Crippen molar-refractivity contribution in [2.24, 2.45) is 22.7 Å². The number of aromatic hydroxyl groups is 1. The van der Waals surface area contributed by atoms with Gasteiger partial charge in [-0.05, 0) is 78.5 Å². The molecule has 110 valence electrons. The number of hydrogen-bond donors (Lipinski definition) is 1. The van der Waals surface area contributed by atoms with Gasteiger partial charge in [0.25, 0.3) is 0 Å². The fourth-order valence-electron chi connectivity index (χ4n) is 6.54. The zero-order chi connectivity index (χ0) is 14.4. The van der Waals surface area contributed by atoms with E-state index in [4.69, 9.17) is 0 Å². The second-order valence-corrected chi connectivity index (χ2v) is 8.07. The van der Waals surface area contributed by atoms with Crippen molar-refractivity contribution in [3.8, 4) is 5.75 Å². The quantitative estimate of drug-likeness (QED) is 0.785. The summed E-state index contributed by atoms with van der Waals surface area (Å²) in [5, 5.41) is 9.72. The molecule has 1 aromatic rings. The Morgan fingerprint density at radius 1 is 1.29 bits per heavy atom. The lowest BCUT2D eigenvalue weighted by atomic mass is 9.52. The minimum Gasteiger partial charge on any atom is -0.508 e. The fraction of sp³-hybridized carbons (Fsp3) is 0.632. The molecule has 1 N–H and O–H groups in total. The van der Waals surface area contributed by atoms with Gasteiger partial charge in [0.1, 0.15) is 11.5 Å². The minimum atomic E-state index is -0.0206. The first kappa shape index (κ1) is 12.3. The van der Waals surface area contributed by atoms with Crippen molar-refractivity contribution < 1.29 is 9.90 Å². The van der Waals surface area contributed by atoms with Gasteiger partial charge in [0.15, 0.2) is 0 Å². The summed E-state index contributed by atoms with van der Waals surface area (Å²) in [4.78, 5) is 12.5. The molecule has 4 aliphatic rings. The van der Waals surface area contributed by atoms with Gasteiger partial charge in [-0.2, -0.15) is 0 Å². The Morgan fingerprint density at radius 3 is 3.00 bits per heavy atom. The molecule has 1 aromatic carbocycles. The molecule has 2 nitrogen and oxygen atoms in total. The van der Waals surface area contributed by atoms with E-state index in [9.17, 15) is 9.90 Å². The Labute approximate surface area is 125 Å². The van der Waals surface area contributed by atoms with E-state index in [1.54, 1.807) is 0 Å². The summed E-state index contributed by atoms with van der Waals surface area (Å²) >= 11 is 0. The number of phenols is 1. The van der Waals surface area contributed by atoms with Crippen LogP contribution in [0.4, 0.5) is 0 Å². The van der Waals surface area contributed by atoms with E-state index < -0.39 is 0 Å². The summed E-state index contributed by atoms with van der Waals surface area (Å²) in [6.07, 6.45) is 6.65. The monoisotopic (exact) mass is 282 g/mol. The van der Waals surface area contributed by atoms with Crippen LogP contribution >= 0.6 is 0 Å². The number of carbonyl (C=O) groups is 1. The second-order valence-electron chi connectivity index (χ2n) is 8.07. The van der Waals surface area contributed by atoms with Crippen LogP contribution in [0.15, 0.2) is 18.2 Å². The van der Waals surface area contributed by atoms with E-state index in [2.05, 4.69) is 13.0 Å². The number of ketones is 1. The van der Waals surface area contributed by atoms with Crippen LogP contribution in [0, 0.1) is 22.7 Å². The van der Waals surface area contributed by atoms with Crippen LogP contribution in [0.5, 0.6) is 5.75 Å². The van der Waals surface area contributed by atoms with Crippen LogP contribution in [0.1, 0.15) is 56.1 Å². The molecule has 0 saturated heterocycles.